The number of aliphatic hydroxyl groups is 2. The van der Waals surface area contributed by atoms with Crippen molar-refractivity contribution >= 4 is 22.5 Å². The number of carbonyl (C=O) groups excluding carboxylic acids is 1. The van der Waals surface area contributed by atoms with Crippen LogP contribution in [-0.4, -0.2) is 44.1 Å². The van der Waals surface area contributed by atoms with E-state index in [0.29, 0.717) is 24.1 Å². The Balaban J connectivity index is 1.67. The Morgan fingerprint density at radius 2 is 1.72 bits per heavy atom. The Hall–Kier alpha value is -3.03. The summed E-state index contributed by atoms with van der Waals surface area (Å²) in [6.07, 6.45) is 1.34. The van der Waals surface area contributed by atoms with E-state index in [1.54, 1.807) is 6.07 Å². The number of nitrogens with one attached hydrogen (secondary N) is 1. The van der Waals surface area contributed by atoms with Gasteiger partial charge in [-0.2, -0.15) is 0 Å². The predicted octanol–water partition coefficient (Wildman–Crippen LogP) is 3.55. The summed E-state index contributed by atoms with van der Waals surface area (Å²) in [6.45, 7) is 5.88. The van der Waals surface area contributed by atoms with Gasteiger partial charge in [-0.05, 0) is 54.8 Å². The molecule has 5 N–H and O–H groups in total. The number of anilines is 1. The van der Waals surface area contributed by atoms with Crippen LogP contribution in [0.2, 0.25) is 0 Å². The average Bonchev–Trinajstić information content (AvgIpc) is 3.46. The minimum atomic E-state index is -0.707. The molecule has 1 aliphatic carbocycles. The molecule has 4 rings (SSSR count). The van der Waals surface area contributed by atoms with Crippen LogP contribution in [0.5, 0.6) is 11.5 Å². The van der Waals surface area contributed by atoms with Gasteiger partial charge in [0.1, 0.15) is 0 Å². The Labute approximate surface area is 186 Å². The standard InChI is InChI=1S/C25H30N2O5/c1-24(2,3)22-11-15-10-17(5-6-19(15)27(22)18(13-28)14-29)26-23(32)25(8-9-25)16-4-7-20(30)21(31)12-16/h4-7,10-12,18,28-31H,8-9,13-14H2,1-3H3,(H,26,32). The fourth-order valence-electron chi connectivity index (χ4n) is 4.35. The highest BCUT2D eigenvalue weighted by Gasteiger charge is 2.51. The number of nitrogens with zero attached hydrogens (tertiary/aromatic N) is 1. The maximum absolute atomic E-state index is 13.1. The maximum Gasteiger partial charge on any atom is 0.235 e. The van der Waals surface area contributed by atoms with Crippen LogP contribution in [0, 0.1) is 0 Å². The zero-order valence-electron chi connectivity index (χ0n) is 18.6. The molecule has 0 bridgehead atoms. The normalized spacial score (nSPS) is 15.3. The monoisotopic (exact) mass is 438 g/mol. The molecule has 0 saturated heterocycles. The van der Waals surface area contributed by atoms with Gasteiger partial charge in [-0.1, -0.05) is 26.8 Å². The average molecular weight is 439 g/mol. The van der Waals surface area contributed by atoms with Crippen molar-refractivity contribution in [1.82, 2.24) is 4.57 Å². The molecule has 170 valence electrons. The van der Waals surface area contributed by atoms with E-state index in [9.17, 15) is 25.2 Å². The molecule has 1 amide bonds. The molecule has 0 aliphatic heterocycles. The SMILES string of the molecule is CC(C)(C)c1cc2cc(NC(=O)C3(c4ccc(O)c(O)c4)CC3)ccc2n1C(CO)CO. The number of fused-ring (bicyclic) bond motifs is 1. The molecule has 1 aromatic heterocycles. The second-order valence-electron chi connectivity index (χ2n) is 9.68. The second-order valence-corrected chi connectivity index (χ2v) is 9.68. The summed E-state index contributed by atoms with van der Waals surface area (Å²) in [5.41, 5.74) is 2.29. The lowest BCUT2D eigenvalue weighted by Gasteiger charge is -2.26. The molecule has 3 aromatic rings. The summed E-state index contributed by atoms with van der Waals surface area (Å²) < 4.78 is 1.97. The molecular formula is C25H30N2O5. The van der Waals surface area contributed by atoms with Crippen molar-refractivity contribution in [2.45, 2.75) is 50.5 Å². The molecule has 1 fully saturated rings. The predicted molar refractivity (Wildman–Crippen MR) is 123 cm³/mol. The number of phenolic OH excluding ortho intramolecular Hbond substituents is 2. The maximum atomic E-state index is 13.1. The molecule has 7 nitrogen and oxygen atoms in total. The van der Waals surface area contributed by atoms with Crippen LogP contribution in [0.3, 0.4) is 0 Å². The van der Waals surface area contributed by atoms with Gasteiger partial charge in [0.05, 0.1) is 24.7 Å². The minimum absolute atomic E-state index is 0.152. The minimum Gasteiger partial charge on any atom is -0.504 e. The van der Waals surface area contributed by atoms with Crippen LogP contribution >= 0.6 is 0 Å². The van der Waals surface area contributed by atoms with Gasteiger partial charge in [-0.3, -0.25) is 4.79 Å². The van der Waals surface area contributed by atoms with Gasteiger partial charge >= 0.3 is 0 Å². The van der Waals surface area contributed by atoms with Crippen molar-refractivity contribution in [3.8, 4) is 11.5 Å². The summed E-state index contributed by atoms with van der Waals surface area (Å²) in [5.74, 6) is -0.596. The number of carbonyl (C=O) groups is 1. The number of aromatic nitrogens is 1. The summed E-state index contributed by atoms with van der Waals surface area (Å²) in [6, 6.07) is 11.7. The first kappa shape index (κ1) is 22.2. The lowest BCUT2D eigenvalue weighted by Crippen LogP contribution is -2.27. The molecule has 0 unspecified atom stereocenters. The van der Waals surface area contributed by atoms with Crippen LogP contribution in [0.1, 0.15) is 50.9 Å². The lowest BCUT2D eigenvalue weighted by molar-refractivity contribution is -0.118. The van der Waals surface area contributed by atoms with Crippen LogP contribution in [0.25, 0.3) is 10.9 Å². The molecule has 1 aliphatic rings. The zero-order chi connectivity index (χ0) is 23.3. The smallest absolute Gasteiger partial charge is 0.235 e. The first-order chi connectivity index (χ1) is 15.1. The fourth-order valence-corrected chi connectivity index (χ4v) is 4.35. The number of hydrogen-bond donors (Lipinski definition) is 5. The summed E-state index contributed by atoms with van der Waals surface area (Å²) in [7, 11) is 0. The quantitative estimate of drug-likeness (QED) is 0.378. The molecule has 0 spiro atoms. The van der Waals surface area contributed by atoms with E-state index in [1.165, 1.54) is 12.1 Å². The number of benzene rings is 2. The molecule has 2 aromatic carbocycles. The number of aromatic hydroxyl groups is 2. The third-order valence-electron chi connectivity index (χ3n) is 6.36. The van der Waals surface area contributed by atoms with Gasteiger partial charge < -0.3 is 30.3 Å². The molecule has 7 heteroatoms. The zero-order valence-corrected chi connectivity index (χ0v) is 18.6. The number of amides is 1. The van der Waals surface area contributed by atoms with Gasteiger partial charge in [0.2, 0.25) is 5.91 Å². The highest BCUT2D eigenvalue weighted by atomic mass is 16.3. The van der Waals surface area contributed by atoms with Crippen LogP contribution in [-0.2, 0) is 15.6 Å². The van der Waals surface area contributed by atoms with Gasteiger partial charge in [-0.25, -0.2) is 0 Å². The Kier molecular flexibility index (Phi) is 5.43. The largest absolute Gasteiger partial charge is 0.504 e. The lowest BCUT2D eigenvalue weighted by atomic mass is 9.91. The molecule has 1 saturated carbocycles. The molecule has 1 heterocycles. The van der Waals surface area contributed by atoms with Crippen molar-refractivity contribution in [2.75, 3.05) is 18.5 Å². The van der Waals surface area contributed by atoms with Gasteiger partial charge in [-0.15, -0.1) is 0 Å². The fraction of sp³-hybridized carbons (Fsp3) is 0.400. The second kappa shape index (κ2) is 7.83. The first-order valence-corrected chi connectivity index (χ1v) is 10.8. The highest BCUT2D eigenvalue weighted by Crippen LogP contribution is 2.50. The van der Waals surface area contributed by atoms with Crippen molar-refractivity contribution < 1.29 is 25.2 Å². The van der Waals surface area contributed by atoms with Crippen LogP contribution in [0.4, 0.5) is 5.69 Å². The van der Waals surface area contributed by atoms with E-state index in [-0.39, 0.29) is 36.0 Å². The van der Waals surface area contributed by atoms with Crippen molar-refractivity contribution in [3.05, 3.63) is 53.7 Å². The number of rotatable bonds is 6. The third kappa shape index (κ3) is 3.72. The van der Waals surface area contributed by atoms with Gasteiger partial charge in [0.15, 0.2) is 11.5 Å². The molecular weight excluding hydrogens is 408 g/mol. The highest BCUT2D eigenvalue weighted by molar-refractivity contribution is 6.02. The van der Waals surface area contributed by atoms with E-state index in [2.05, 4.69) is 26.1 Å². The Bertz CT molecular complexity index is 1170. The van der Waals surface area contributed by atoms with E-state index < -0.39 is 11.5 Å². The summed E-state index contributed by atoms with van der Waals surface area (Å²) in [5, 5.41) is 42.9. The van der Waals surface area contributed by atoms with E-state index in [1.807, 2.05) is 28.8 Å². The van der Waals surface area contributed by atoms with E-state index in [0.717, 1.165) is 16.6 Å². The van der Waals surface area contributed by atoms with Crippen molar-refractivity contribution in [3.63, 3.8) is 0 Å². The number of aliphatic hydroxyl groups excluding tert-OH is 2. The third-order valence-corrected chi connectivity index (χ3v) is 6.36. The topological polar surface area (TPSA) is 115 Å². The van der Waals surface area contributed by atoms with Gasteiger partial charge in [0, 0.05) is 27.7 Å². The van der Waals surface area contributed by atoms with Crippen molar-refractivity contribution in [2.24, 2.45) is 0 Å². The van der Waals surface area contributed by atoms with Crippen molar-refractivity contribution in [1.29, 1.82) is 0 Å². The molecule has 32 heavy (non-hydrogen) atoms. The molecule has 0 radical (unpaired) electrons. The Morgan fingerprint density at radius 3 is 2.28 bits per heavy atom. The van der Waals surface area contributed by atoms with Crippen LogP contribution in [0.15, 0.2) is 42.5 Å². The number of hydrogen-bond acceptors (Lipinski definition) is 5. The Morgan fingerprint density at radius 1 is 1.03 bits per heavy atom. The van der Waals surface area contributed by atoms with Gasteiger partial charge in [0.25, 0.3) is 0 Å². The number of phenols is 2. The first-order valence-electron chi connectivity index (χ1n) is 10.8. The van der Waals surface area contributed by atoms with E-state index in [4.69, 9.17) is 0 Å². The summed E-state index contributed by atoms with van der Waals surface area (Å²) in [4.78, 5) is 13.1. The molecule has 0 atom stereocenters. The van der Waals surface area contributed by atoms with E-state index >= 15 is 0 Å². The summed E-state index contributed by atoms with van der Waals surface area (Å²) >= 11 is 0. The van der Waals surface area contributed by atoms with Crippen LogP contribution < -0.4 is 5.32 Å².